The summed E-state index contributed by atoms with van der Waals surface area (Å²) in [6.07, 6.45) is 6.73. The summed E-state index contributed by atoms with van der Waals surface area (Å²) in [5.41, 5.74) is 5.75. The standard InChI is InChI=1S/C23H21N3O2/c1-16(27)17-7-9-18(10-8-17)21-13-25-15-26(21)22-14-24-12-11-19(22)20-5-3-4-6-23(20)28-2/h3-16,27H,1-2H3. The molecule has 0 aliphatic heterocycles. The first kappa shape index (κ1) is 17.9. The molecule has 0 spiro atoms. The van der Waals surface area contributed by atoms with Crippen molar-refractivity contribution in [2.24, 2.45) is 0 Å². The van der Waals surface area contributed by atoms with Crippen LogP contribution in [0.2, 0.25) is 0 Å². The van der Waals surface area contributed by atoms with Crippen molar-refractivity contribution in [3.63, 3.8) is 0 Å². The summed E-state index contributed by atoms with van der Waals surface area (Å²) in [6, 6.07) is 17.8. The van der Waals surface area contributed by atoms with Crippen molar-refractivity contribution < 1.29 is 9.84 Å². The smallest absolute Gasteiger partial charge is 0.126 e. The van der Waals surface area contributed by atoms with Crippen molar-refractivity contribution in [3.05, 3.63) is 85.1 Å². The topological polar surface area (TPSA) is 60.2 Å². The lowest BCUT2D eigenvalue weighted by Crippen LogP contribution is -2.00. The summed E-state index contributed by atoms with van der Waals surface area (Å²) in [5.74, 6) is 0.804. The molecule has 0 saturated heterocycles. The van der Waals surface area contributed by atoms with Crippen molar-refractivity contribution in [2.75, 3.05) is 7.11 Å². The van der Waals surface area contributed by atoms with Gasteiger partial charge in [-0.05, 0) is 24.6 Å². The summed E-state index contributed by atoms with van der Waals surface area (Å²) >= 11 is 0. The van der Waals surface area contributed by atoms with Crippen LogP contribution >= 0.6 is 0 Å². The minimum absolute atomic E-state index is 0.491. The van der Waals surface area contributed by atoms with E-state index in [1.807, 2.05) is 71.6 Å². The molecule has 0 aliphatic rings. The Morgan fingerprint density at radius 1 is 0.929 bits per heavy atom. The Morgan fingerprint density at radius 2 is 1.71 bits per heavy atom. The third-order valence-corrected chi connectivity index (χ3v) is 4.78. The van der Waals surface area contributed by atoms with E-state index in [4.69, 9.17) is 4.74 Å². The fourth-order valence-electron chi connectivity index (χ4n) is 3.31. The molecule has 0 bridgehead atoms. The average molecular weight is 371 g/mol. The fraction of sp³-hybridized carbons (Fsp3) is 0.130. The molecule has 4 aromatic rings. The highest BCUT2D eigenvalue weighted by Crippen LogP contribution is 2.35. The molecule has 2 aromatic heterocycles. The number of rotatable bonds is 5. The highest BCUT2D eigenvalue weighted by atomic mass is 16.5. The van der Waals surface area contributed by atoms with E-state index in [0.29, 0.717) is 0 Å². The number of pyridine rings is 1. The third-order valence-electron chi connectivity index (χ3n) is 4.78. The van der Waals surface area contributed by atoms with Crippen molar-refractivity contribution in [3.8, 4) is 33.8 Å². The van der Waals surface area contributed by atoms with E-state index >= 15 is 0 Å². The minimum atomic E-state index is -0.491. The lowest BCUT2D eigenvalue weighted by atomic mass is 10.0. The van der Waals surface area contributed by atoms with Gasteiger partial charge in [0.25, 0.3) is 0 Å². The molecule has 2 aromatic carbocycles. The van der Waals surface area contributed by atoms with Gasteiger partial charge in [-0.2, -0.15) is 0 Å². The molecule has 1 atom stereocenters. The van der Waals surface area contributed by atoms with E-state index in [1.165, 1.54) is 0 Å². The monoisotopic (exact) mass is 371 g/mol. The van der Waals surface area contributed by atoms with Crippen LogP contribution < -0.4 is 4.74 Å². The summed E-state index contributed by atoms with van der Waals surface area (Å²) in [7, 11) is 1.67. The van der Waals surface area contributed by atoms with Crippen molar-refractivity contribution in [1.29, 1.82) is 0 Å². The van der Waals surface area contributed by atoms with Gasteiger partial charge in [-0.3, -0.25) is 9.55 Å². The first-order chi connectivity index (χ1) is 13.7. The number of ether oxygens (including phenoxy) is 1. The predicted molar refractivity (Wildman–Crippen MR) is 109 cm³/mol. The zero-order valence-electron chi connectivity index (χ0n) is 15.8. The van der Waals surface area contributed by atoms with E-state index in [-0.39, 0.29) is 0 Å². The molecule has 0 fully saturated rings. The van der Waals surface area contributed by atoms with Crippen LogP contribution in [0.1, 0.15) is 18.6 Å². The molecule has 1 N–H and O–H groups in total. The molecule has 4 rings (SSSR count). The third kappa shape index (κ3) is 3.28. The Morgan fingerprint density at radius 3 is 2.46 bits per heavy atom. The van der Waals surface area contributed by atoms with Gasteiger partial charge in [0.1, 0.15) is 5.75 Å². The van der Waals surface area contributed by atoms with Gasteiger partial charge in [0, 0.05) is 22.9 Å². The predicted octanol–water partition coefficient (Wildman–Crippen LogP) is 4.66. The number of methoxy groups -OCH3 is 1. The number of aromatic nitrogens is 3. The Hall–Kier alpha value is -3.44. The van der Waals surface area contributed by atoms with Crippen LogP contribution in [-0.4, -0.2) is 26.8 Å². The lowest BCUT2D eigenvalue weighted by Gasteiger charge is -2.15. The molecule has 0 aliphatic carbocycles. The fourth-order valence-corrected chi connectivity index (χ4v) is 3.31. The SMILES string of the molecule is COc1ccccc1-c1ccncc1-n1cncc1-c1ccc(C(C)O)cc1. The quantitative estimate of drug-likeness (QED) is 0.554. The first-order valence-electron chi connectivity index (χ1n) is 9.07. The number of nitrogens with zero attached hydrogens (tertiary/aromatic N) is 3. The van der Waals surface area contributed by atoms with E-state index < -0.39 is 6.10 Å². The van der Waals surface area contributed by atoms with Gasteiger partial charge < -0.3 is 9.84 Å². The number of imidazole rings is 1. The summed E-state index contributed by atoms with van der Waals surface area (Å²) in [5, 5.41) is 9.75. The Balaban J connectivity index is 1.83. The normalized spacial score (nSPS) is 12.0. The van der Waals surface area contributed by atoms with Gasteiger partial charge in [0.2, 0.25) is 0 Å². The molecule has 1 unspecified atom stereocenters. The molecule has 0 radical (unpaired) electrons. The highest BCUT2D eigenvalue weighted by molar-refractivity contribution is 5.78. The molecule has 5 heteroatoms. The molecular formula is C23H21N3O2. The summed E-state index contributed by atoms with van der Waals surface area (Å²) in [4.78, 5) is 8.70. The van der Waals surface area contributed by atoms with Gasteiger partial charge in [-0.1, -0.05) is 42.5 Å². The van der Waals surface area contributed by atoms with Crippen molar-refractivity contribution in [2.45, 2.75) is 13.0 Å². The Bertz CT molecular complexity index is 1080. The molecule has 0 amide bonds. The van der Waals surface area contributed by atoms with Gasteiger partial charge in [0.15, 0.2) is 0 Å². The molecule has 0 saturated carbocycles. The zero-order valence-corrected chi connectivity index (χ0v) is 15.8. The van der Waals surface area contributed by atoms with Gasteiger partial charge in [-0.15, -0.1) is 0 Å². The van der Waals surface area contributed by atoms with Crippen LogP contribution in [0, 0.1) is 0 Å². The lowest BCUT2D eigenvalue weighted by molar-refractivity contribution is 0.199. The van der Waals surface area contributed by atoms with Crippen LogP contribution in [-0.2, 0) is 0 Å². The minimum Gasteiger partial charge on any atom is -0.496 e. The van der Waals surface area contributed by atoms with Crippen LogP contribution in [0.4, 0.5) is 0 Å². The molecule has 2 heterocycles. The molecule has 140 valence electrons. The molecular weight excluding hydrogens is 350 g/mol. The first-order valence-corrected chi connectivity index (χ1v) is 9.07. The number of hydrogen-bond donors (Lipinski definition) is 1. The van der Waals surface area contributed by atoms with Crippen molar-refractivity contribution >= 4 is 0 Å². The zero-order chi connectivity index (χ0) is 19.5. The Kier molecular flexibility index (Phi) is 4.91. The Labute approximate surface area is 163 Å². The van der Waals surface area contributed by atoms with E-state index in [0.717, 1.165) is 39.4 Å². The van der Waals surface area contributed by atoms with Crippen LogP contribution in [0.3, 0.4) is 0 Å². The van der Waals surface area contributed by atoms with Crippen molar-refractivity contribution in [1.82, 2.24) is 14.5 Å². The number of para-hydroxylation sites is 1. The van der Waals surface area contributed by atoms with E-state index in [2.05, 4.69) is 9.97 Å². The molecule has 5 nitrogen and oxygen atoms in total. The second kappa shape index (κ2) is 7.66. The maximum absolute atomic E-state index is 9.75. The van der Waals surface area contributed by atoms with Crippen LogP contribution in [0.5, 0.6) is 5.75 Å². The molecule has 28 heavy (non-hydrogen) atoms. The summed E-state index contributed by atoms with van der Waals surface area (Å²) in [6.45, 7) is 1.76. The van der Waals surface area contributed by atoms with Crippen LogP contribution in [0.15, 0.2) is 79.5 Å². The van der Waals surface area contributed by atoms with E-state index in [9.17, 15) is 5.11 Å². The summed E-state index contributed by atoms with van der Waals surface area (Å²) < 4.78 is 7.57. The van der Waals surface area contributed by atoms with Gasteiger partial charge in [0.05, 0.1) is 43.3 Å². The number of aliphatic hydroxyl groups excluding tert-OH is 1. The van der Waals surface area contributed by atoms with Gasteiger partial charge in [-0.25, -0.2) is 4.98 Å². The second-order valence-electron chi connectivity index (χ2n) is 6.54. The number of benzene rings is 2. The van der Waals surface area contributed by atoms with E-state index in [1.54, 1.807) is 26.6 Å². The highest BCUT2D eigenvalue weighted by Gasteiger charge is 2.15. The maximum atomic E-state index is 9.75. The maximum Gasteiger partial charge on any atom is 0.126 e. The largest absolute Gasteiger partial charge is 0.496 e. The second-order valence-corrected chi connectivity index (χ2v) is 6.54. The van der Waals surface area contributed by atoms with Crippen LogP contribution in [0.25, 0.3) is 28.1 Å². The number of aliphatic hydroxyl groups is 1. The number of hydrogen-bond acceptors (Lipinski definition) is 4. The van der Waals surface area contributed by atoms with Gasteiger partial charge >= 0.3 is 0 Å². The average Bonchev–Trinajstić information content (AvgIpc) is 3.23.